The highest BCUT2D eigenvalue weighted by atomic mass is 19.1. The van der Waals surface area contributed by atoms with Crippen molar-refractivity contribution >= 4 is 5.97 Å². The summed E-state index contributed by atoms with van der Waals surface area (Å²) in [5, 5.41) is 0. The van der Waals surface area contributed by atoms with Crippen LogP contribution in [0.2, 0.25) is 0 Å². The van der Waals surface area contributed by atoms with E-state index in [1.807, 2.05) is 4.98 Å². The highest BCUT2D eigenvalue weighted by Crippen LogP contribution is 2.08. The summed E-state index contributed by atoms with van der Waals surface area (Å²) in [5.41, 5.74) is -0.477. The number of esters is 1. The van der Waals surface area contributed by atoms with Crippen molar-refractivity contribution in [3.63, 3.8) is 0 Å². The van der Waals surface area contributed by atoms with Gasteiger partial charge < -0.3 is 9.72 Å². The van der Waals surface area contributed by atoms with Gasteiger partial charge in [0.05, 0.1) is 6.61 Å². The minimum Gasteiger partial charge on any atom is -0.461 e. The van der Waals surface area contributed by atoms with Crippen LogP contribution in [-0.2, 0) is 4.74 Å². The highest BCUT2D eigenvalue weighted by Gasteiger charge is 2.16. The molecule has 66 valence electrons. The Morgan fingerprint density at radius 2 is 2.33 bits per heavy atom. The second kappa shape index (κ2) is 3.34. The van der Waals surface area contributed by atoms with E-state index in [1.165, 1.54) is 0 Å². The molecule has 0 fully saturated rings. The van der Waals surface area contributed by atoms with Gasteiger partial charge in [-0.05, 0) is 6.92 Å². The van der Waals surface area contributed by atoms with Crippen molar-refractivity contribution in [3.05, 3.63) is 23.5 Å². The molecule has 0 aliphatic carbocycles. The quantitative estimate of drug-likeness (QED) is 0.691. The molecule has 0 bridgehead atoms. The van der Waals surface area contributed by atoms with Gasteiger partial charge in [-0.25, -0.2) is 9.18 Å². The van der Waals surface area contributed by atoms with Crippen LogP contribution in [0.3, 0.4) is 0 Å². The van der Waals surface area contributed by atoms with Gasteiger partial charge in [-0.1, -0.05) is 0 Å². The van der Waals surface area contributed by atoms with E-state index in [0.29, 0.717) is 6.07 Å². The number of ether oxygens (including phenoxy) is 1. The zero-order chi connectivity index (χ0) is 9.14. The third kappa shape index (κ3) is 1.61. The van der Waals surface area contributed by atoms with E-state index < -0.39 is 23.4 Å². The molecule has 0 aliphatic rings. The summed E-state index contributed by atoms with van der Waals surface area (Å²) in [6, 6.07) is 0.590. The Kier molecular flexibility index (Phi) is 2.42. The second-order valence-corrected chi connectivity index (χ2v) is 2.06. The number of aromatic amines is 1. The molecule has 0 unspecified atom stereocenters. The van der Waals surface area contributed by atoms with Gasteiger partial charge in [0.1, 0.15) is 0 Å². The van der Waals surface area contributed by atoms with Gasteiger partial charge >= 0.3 is 5.97 Å². The smallest absolute Gasteiger partial charge is 0.357 e. The highest BCUT2D eigenvalue weighted by molar-refractivity contribution is 5.87. The first-order valence-corrected chi connectivity index (χ1v) is 3.36. The Morgan fingerprint density at radius 3 is 2.75 bits per heavy atom. The molecule has 3 nitrogen and oxygen atoms in total. The van der Waals surface area contributed by atoms with Crippen molar-refractivity contribution in [2.45, 2.75) is 6.92 Å². The van der Waals surface area contributed by atoms with E-state index in [4.69, 9.17) is 0 Å². The van der Waals surface area contributed by atoms with Gasteiger partial charge in [0.2, 0.25) is 0 Å². The molecule has 1 heterocycles. The van der Waals surface area contributed by atoms with E-state index in [2.05, 4.69) is 4.74 Å². The van der Waals surface area contributed by atoms with Crippen molar-refractivity contribution < 1.29 is 18.3 Å². The van der Waals surface area contributed by atoms with Gasteiger partial charge in [-0.3, -0.25) is 0 Å². The maximum absolute atomic E-state index is 12.6. The van der Waals surface area contributed by atoms with E-state index in [9.17, 15) is 13.6 Å². The molecule has 1 aromatic rings. The first-order chi connectivity index (χ1) is 5.65. The van der Waals surface area contributed by atoms with Crippen LogP contribution >= 0.6 is 0 Å². The fourth-order valence-corrected chi connectivity index (χ4v) is 0.750. The Balaban J connectivity index is 2.87. The zero-order valence-corrected chi connectivity index (χ0v) is 6.36. The molecule has 0 saturated carbocycles. The molecule has 1 rings (SSSR count). The first kappa shape index (κ1) is 8.70. The number of halogens is 2. The van der Waals surface area contributed by atoms with Crippen LogP contribution in [0.25, 0.3) is 0 Å². The molecular weight excluding hydrogens is 168 g/mol. The molecule has 1 N–H and O–H groups in total. The summed E-state index contributed by atoms with van der Waals surface area (Å²) >= 11 is 0. The number of rotatable bonds is 2. The molecule has 0 spiro atoms. The molecule has 0 aliphatic heterocycles. The predicted molar refractivity (Wildman–Crippen MR) is 36.7 cm³/mol. The minimum atomic E-state index is -0.939. The summed E-state index contributed by atoms with van der Waals surface area (Å²) < 4.78 is 29.3. The summed E-state index contributed by atoms with van der Waals surface area (Å²) in [6.45, 7) is 1.70. The van der Waals surface area contributed by atoms with Crippen LogP contribution in [0.5, 0.6) is 0 Å². The van der Waals surface area contributed by atoms with Gasteiger partial charge in [0.15, 0.2) is 17.5 Å². The molecule has 0 saturated heterocycles. The lowest BCUT2D eigenvalue weighted by atomic mass is 10.4. The molecule has 0 amide bonds. The molecular formula is C7H7F2NO2. The standard InChI is InChI=1S/C7H7F2NO2/c1-2-12-7(11)6-4(8)3-5(9)10-6/h3,10H,2H2,1H3. The average Bonchev–Trinajstić information content (AvgIpc) is 2.30. The summed E-state index contributed by atoms with van der Waals surface area (Å²) in [7, 11) is 0. The van der Waals surface area contributed by atoms with E-state index in [0.717, 1.165) is 0 Å². The Labute approximate surface area is 67.3 Å². The van der Waals surface area contributed by atoms with Crippen LogP contribution < -0.4 is 0 Å². The number of carbonyl (C=O) groups is 1. The van der Waals surface area contributed by atoms with Crippen LogP contribution in [-0.4, -0.2) is 17.6 Å². The van der Waals surface area contributed by atoms with Crippen LogP contribution in [0.15, 0.2) is 6.07 Å². The molecule has 5 heteroatoms. The van der Waals surface area contributed by atoms with Gasteiger partial charge in [0.25, 0.3) is 0 Å². The van der Waals surface area contributed by atoms with E-state index in [1.54, 1.807) is 6.92 Å². The number of carbonyl (C=O) groups excluding carboxylic acids is 1. The first-order valence-electron chi connectivity index (χ1n) is 3.36. The minimum absolute atomic E-state index is 0.124. The Morgan fingerprint density at radius 1 is 1.67 bits per heavy atom. The number of hydrogen-bond donors (Lipinski definition) is 1. The third-order valence-corrected chi connectivity index (χ3v) is 1.22. The second-order valence-electron chi connectivity index (χ2n) is 2.06. The average molecular weight is 175 g/mol. The lowest BCUT2D eigenvalue weighted by Crippen LogP contribution is -2.06. The van der Waals surface area contributed by atoms with Crippen molar-refractivity contribution in [1.29, 1.82) is 0 Å². The SMILES string of the molecule is CCOC(=O)c1[nH]c(F)cc1F. The molecule has 12 heavy (non-hydrogen) atoms. The topological polar surface area (TPSA) is 42.1 Å². The fourth-order valence-electron chi connectivity index (χ4n) is 0.750. The summed E-state index contributed by atoms with van der Waals surface area (Å²) in [6.07, 6.45) is 0. The molecule has 1 aromatic heterocycles. The third-order valence-electron chi connectivity index (χ3n) is 1.22. The van der Waals surface area contributed by atoms with Crippen molar-refractivity contribution in [2.24, 2.45) is 0 Å². The van der Waals surface area contributed by atoms with Crippen LogP contribution in [0.1, 0.15) is 17.4 Å². The van der Waals surface area contributed by atoms with Gasteiger partial charge in [-0.2, -0.15) is 4.39 Å². The monoisotopic (exact) mass is 175 g/mol. The van der Waals surface area contributed by atoms with Crippen molar-refractivity contribution in [3.8, 4) is 0 Å². The maximum atomic E-state index is 12.6. The normalized spacial score (nSPS) is 9.92. The van der Waals surface area contributed by atoms with Crippen LogP contribution in [0, 0.1) is 11.8 Å². The molecule has 0 aromatic carbocycles. The lowest BCUT2D eigenvalue weighted by Gasteiger charge is -1.97. The van der Waals surface area contributed by atoms with Gasteiger partial charge in [0, 0.05) is 6.07 Å². The molecule has 0 radical (unpaired) electrons. The predicted octanol–water partition coefficient (Wildman–Crippen LogP) is 1.47. The van der Waals surface area contributed by atoms with E-state index in [-0.39, 0.29) is 6.61 Å². The Hall–Kier alpha value is -1.39. The van der Waals surface area contributed by atoms with Crippen LogP contribution in [0.4, 0.5) is 8.78 Å². The maximum Gasteiger partial charge on any atom is 0.357 e. The van der Waals surface area contributed by atoms with Crippen molar-refractivity contribution in [2.75, 3.05) is 6.61 Å². The largest absolute Gasteiger partial charge is 0.461 e. The Bertz CT molecular complexity index is 296. The zero-order valence-electron chi connectivity index (χ0n) is 6.36. The lowest BCUT2D eigenvalue weighted by molar-refractivity contribution is 0.0514. The molecule has 0 atom stereocenters. The number of nitrogens with one attached hydrogen (secondary N) is 1. The summed E-state index contributed by atoms with van der Waals surface area (Å²) in [4.78, 5) is 12.7. The number of aromatic nitrogens is 1. The van der Waals surface area contributed by atoms with Gasteiger partial charge in [-0.15, -0.1) is 0 Å². The fraction of sp³-hybridized carbons (Fsp3) is 0.286. The summed E-state index contributed by atoms with van der Waals surface area (Å²) in [5.74, 6) is -2.72. The van der Waals surface area contributed by atoms with Crippen molar-refractivity contribution in [1.82, 2.24) is 4.98 Å². The number of H-pyrrole nitrogens is 1. The van der Waals surface area contributed by atoms with E-state index >= 15 is 0 Å². The number of hydrogen-bond acceptors (Lipinski definition) is 2.